The second-order valence-corrected chi connectivity index (χ2v) is 5.04. The first-order valence-electron chi connectivity index (χ1n) is 3.47. The van der Waals surface area contributed by atoms with Crippen molar-refractivity contribution in [2.24, 2.45) is 0 Å². The summed E-state index contributed by atoms with van der Waals surface area (Å²) in [5.41, 5.74) is 0. The molecule has 1 N–H and O–H groups in total. The van der Waals surface area contributed by atoms with Crippen LogP contribution in [0.25, 0.3) is 0 Å². The molecule has 0 aliphatic carbocycles. The largest absolute Gasteiger partial charge is 0.388 e. The highest BCUT2D eigenvalue weighted by molar-refractivity contribution is 7.94. The molecule has 0 fully saturated rings. The molecule has 0 heterocycles. The van der Waals surface area contributed by atoms with Crippen LogP contribution in [-0.2, 0) is 9.84 Å². The summed E-state index contributed by atoms with van der Waals surface area (Å²) in [5.74, 6) is 0. The van der Waals surface area contributed by atoms with E-state index in [1.54, 1.807) is 6.92 Å². The van der Waals surface area contributed by atoms with Crippen molar-refractivity contribution in [3.63, 3.8) is 0 Å². The predicted molar refractivity (Wildman–Crippen MR) is 46.9 cm³/mol. The normalized spacial score (nSPS) is 13.7. The van der Waals surface area contributed by atoms with Crippen LogP contribution < -0.4 is 5.32 Å². The minimum atomic E-state index is -3.00. The van der Waals surface area contributed by atoms with Crippen LogP contribution in [0.4, 0.5) is 0 Å². The average molecular weight is 177 g/mol. The van der Waals surface area contributed by atoms with Crippen LogP contribution in [0.3, 0.4) is 0 Å². The molecule has 0 aromatic carbocycles. The molecule has 0 aromatic rings. The Balaban J connectivity index is 4.26. The number of hydrogen-bond acceptors (Lipinski definition) is 3. The first-order chi connectivity index (χ1) is 4.84. The molecule has 0 aliphatic heterocycles. The third kappa shape index (κ3) is 4.84. The van der Waals surface area contributed by atoms with Gasteiger partial charge in [0.05, 0.1) is 4.91 Å². The zero-order valence-corrected chi connectivity index (χ0v) is 8.20. The van der Waals surface area contributed by atoms with Gasteiger partial charge in [-0.1, -0.05) is 0 Å². The SMILES string of the molecule is C/C(=C/NC(C)C)S(C)(=O)=O. The molecule has 0 aromatic heterocycles. The number of nitrogens with one attached hydrogen (secondary N) is 1. The quantitative estimate of drug-likeness (QED) is 0.696. The summed E-state index contributed by atoms with van der Waals surface area (Å²) in [5, 5.41) is 2.91. The third-order valence-electron chi connectivity index (χ3n) is 1.20. The Labute approximate surface area is 68.4 Å². The zero-order valence-electron chi connectivity index (χ0n) is 7.38. The molecule has 0 unspecified atom stereocenters. The van der Waals surface area contributed by atoms with Crippen molar-refractivity contribution in [3.05, 3.63) is 11.1 Å². The molecule has 0 saturated heterocycles. The summed E-state index contributed by atoms with van der Waals surface area (Å²) in [4.78, 5) is 0.367. The van der Waals surface area contributed by atoms with Crippen molar-refractivity contribution < 1.29 is 8.42 Å². The van der Waals surface area contributed by atoms with Crippen LogP contribution in [0.2, 0.25) is 0 Å². The molecule has 0 saturated carbocycles. The van der Waals surface area contributed by atoms with E-state index in [4.69, 9.17) is 0 Å². The summed E-state index contributed by atoms with van der Waals surface area (Å²) >= 11 is 0. The van der Waals surface area contributed by atoms with Gasteiger partial charge >= 0.3 is 0 Å². The zero-order chi connectivity index (χ0) is 9.07. The highest BCUT2D eigenvalue weighted by Crippen LogP contribution is 2.00. The van der Waals surface area contributed by atoms with Gasteiger partial charge in [-0.2, -0.15) is 0 Å². The van der Waals surface area contributed by atoms with Crippen molar-refractivity contribution in [1.29, 1.82) is 0 Å². The summed E-state index contributed by atoms with van der Waals surface area (Å²) in [7, 11) is -3.00. The number of rotatable bonds is 3. The van der Waals surface area contributed by atoms with Gasteiger partial charge in [-0.05, 0) is 20.8 Å². The number of sulfone groups is 1. The lowest BCUT2D eigenvalue weighted by atomic mass is 10.4. The van der Waals surface area contributed by atoms with E-state index in [1.807, 2.05) is 13.8 Å². The van der Waals surface area contributed by atoms with Crippen molar-refractivity contribution in [3.8, 4) is 0 Å². The van der Waals surface area contributed by atoms with E-state index in [1.165, 1.54) is 12.5 Å². The molecule has 0 bridgehead atoms. The van der Waals surface area contributed by atoms with Gasteiger partial charge in [0.2, 0.25) is 0 Å². The van der Waals surface area contributed by atoms with Crippen LogP contribution in [0.15, 0.2) is 11.1 Å². The molecule has 0 rings (SSSR count). The Morgan fingerprint density at radius 1 is 1.45 bits per heavy atom. The minimum absolute atomic E-state index is 0.270. The second kappa shape index (κ2) is 3.76. The van der Waals surface area contributed by atoms with Crippen LogP contribution in [0.5, 0.6) is 0 Å². The van der Waals surface area contributed by atoms with E-state index in [0.29, 0.717) is 4.91 Å². The molecule has 0 radical (unpaired) electrons. The fourth-order valence-corrected chi connectivity index (χ4v) is 0.673. The van der Waals surface area contributed by atoms with Crippen molar-refractivity contribution in [2.45, 2.75) is 26.8 Å². The lowest BCUT2D eigenvalue weighted by molar-refractivity contribution is 0.606. The first-order valence-corrected chi connectivity index (χ1v) is 5.36. The van der Waals surface area contributed by atoms with Crippen LogP contribution in [-0.4, -0.2) is 20.7 Å². The average Bonchev–Trinajstić information content (AvgIpc) is 1.80. The van der Waals surface area contributed by atoms with Crippen molar-refractivity contribution in [2.75, 3.05) is 6.26 Å². The van der Waals surface area contributed by atoms with Crippen molar-refractivity contribution in [1.82, 2.24) is 5.32 Å². The van der Waals surface area contributed by atoms with Gasteiger partial charge in [-0.15, -0.1) is 0 Å². The van der Waals surface area contributed by atoms with E-state index in [0.717, 1.165) is 0 Å². The first kappa shape index (κ1) is 10.5. The smallest absolute Gasteiger partial charge is 0.172 e. The van der Waals surface area contributed by atoms with Crippen LogP contribution >= 0.6 is 0 Å². The van der Waals surface area contributed by atoms with E-state index in [-0.39, 0.29) is 6.04 Å². The Morgan fingerprint density at radius 3 is 2.18 bits per heavy atom. The van der Waals surface area contributed by atoms with Gasteiger partial charge in [0.1, 0.15) is 0 Å². The van der Waals surface area contributed by atoms with Gasteiger partial charge in [0.15, 0.2) is 9.84 Å². The fourth-order valence-electron chi connectivity index (χ4n) is 0.391. The maximum atomic E-state index is 10.8. The minimum Gasteiger partial charge on any atom is -0.388 e. The summed E-state index contributed by atoms with van der Waals surface area (Å²) in [6, 6.07) is 0.270. The molecule has 11 heavy (non-hydrogen) atoms. The molecular weight excluding hydrogens is 162 g/mol. The molecular formula is C7H15NO2S. The second-order valence-electron chi connectivity index (χ2n) is 2.85. The standard InChI is InChI=1S/C7H15NO2S/c1-6(2)8-5-7(3)11(4,9)10/h5-6,8H,1-4H3/b7-5-. The molecule has 4 heteroatoms. The lowest BCUT2D eigenvalue weighted by Gasteiger charge is -2.04. The van der Waals surface area contributed by atoms with Gasteiger partial charge in [0, 0.05) is 18.5 Å². The maximum absolute atomic E-state index is 10.8. The fraction of sp³-hybridized carbons (Fsp3) is 0.714. The summed E-state index contributed by atoms with van der Waals surface area (Å²) in [6.07, 6.45) is 2.72. The monoisotopic (exact) mass is 177 g/mol. The van der Waals surface area contributed by atoms with E-state index >= 15 is 0 Å². The number of hydrogen-bond donors (Lipinski definition) is 1. The van der Waals surface area contributed by atoms with Gasteiger partial charge in [0.25, 0.3) is 0 Å². The van der Waals surface area contributed by atoms with Crippen LogP contribution in [0, 0.1) is 0 Å². The lowest BCUT2D eigenvalue weighted by Crippen LogP contribution is -2.17. The highest BCUT2D eigenvalue weighted by Gasteiger charge is 2.03. The Bertz CT molecular complexity index is 239. The summed E-state index contributed by atoms with van der Waals surface area (Å²) in [6.45, 7) is 5.48. The Hall–Kier alpha value is -0.510. The van der Waals surface area contributed by atoms with Gasteiger partial charge in [-0.25, -0.2) is 8.42 Å². The molecule has 0 amide bonds. The topological polar surface area (TPSA) is 46.2 Å². The Morgan fingerprint density at radius 2 is 1.91 bits per heavy atom. The molecule has 0 atom stereocenters. The maximum Gasteiger partial charge on any atom is 0.172 e. The number of allylic oxidation sites excluding steroid dienone is 1. The molecule has 0 aliphatic rings. The van der Waals surface area contributed by atoms with E-state index < -0.39 is 9.84 Å². The predicted octanol–water partition coefficient (Wildman–Crippen LogP) is 0.890. The van der Waals surface area contributed by atoms with E-state index in [9.17, 15) is 8.42 Å². The highest BCUT2D eigenvalue weighted by atomic mass is 32.2. The van der Waals surface area contributed by atoms with Gasteiger partial charge in [-0.3, -0.25) is 0 Å². The molecule has 66 valence electrons. The van der Waals surface area contributed by atoms with Crippen molar-refractivity contribution >= 4 is 9.84 Å². The third-order valence-corrected chi connectivity index (χ3v) is 2.49. The van der Waals surface area contributed by atoms with E-state index in [2.05, 4.69) is 5.32 Å². The Kier molecular flexibility index (Phi) is 3.58. The van der Waals surface area contributed by atoms with Gasteiger partial charge < -0.3 is 5.32 Å². The van der Waals surface area contributed by atoms with Crippen LogP contribution in [0.1, 0.15) is 20.8 Å². The summed E-state index contributed by atoms with van der Waals surface area (Å²) < 4.78 is 21.7. The molecule has 0 spiro atoms. The molecule has 3 nitrogen and oxygen atoms in total.